The Morgan fingerprint density at radius 2 is 1.60 bits per heavy atom. The number of methoxy groups -OCH3 is 1. The van der Waals surface area contributed by atoms with Gasteiger partial charge in [-0.1, -0.05) is 41.9 Å². The van der Waals surface area contributed by atoms with Crippen LogP contribution in [-0.2, 0) is 10.9 Å². The number of pyridine rings is 1. The molecule has 0 fully saturated rings. The number of esters is 1. The van der Waals surface area contributed by atoms with Gasteiger partial charge in [-0.05, 0) is 60.7 Å². The molecule has 0 saturated heterocycles. The molecular formula is C31H22ClF3N4O3. The molecule has 2 heterocycles. The van der Waals surface area contributed by atoms with E-state index in [2.05, 4.69) is 10.1 Å². The van der Waals surface area contributed by atoms with E-state index in [0.717, 1.165) is 23.5 Å². The molecule has 5 aromatic rings. The zero-order chi connectivity index (χ0) is 30.0. The second kappa shape index (κ2) is 11.5. The van der Waals surface area contributed by atoms with Gasteiger partial charge in [0.25, 0.3) is 0 Å². The highest BCUT2D eigenvalue weighted by Gasteiger charge is 2.36. The van der Waals surface area contributed by atoms with E-state index in [9.17, 15) is 22.8 Å². The molecule has 0 aliphatic carbocycles. The molecule has 0 aliphatic heterocycles. The van der Waals surface area contributed by atoms with Gasteiger partial charge in [0.05, 0.1) is 35.9 Å². The predicted octanol–water partition coefficient (Wildman–Crippen LogP) is 7.39. The fourth-order valence-corrected chi connectivity index (χ4v) is 4.46. The van der Waals surface area contributed by atoms with Gasteiger partial charge >= 0.3 is 12.1 Å². The van der Waals surface area contributed by atoms with E-state index in [0.29, 0.717) is 16.3 Å². The molecule has 2 aromatic heterocycles. The van der Waals surface area contributed by atoms with Crippen molar-refractivity contribution < 1.29 is 27.5 Å². The maximum atomic E-state index is 13.7. The Kier molecular flexibility index (Phi) is 7.82. The maximum absolute atomic E-state index is 13.7. The number of hydrogen-bond acceptors (Lipinski definition) is 6. The van der Waals surface area contributed by atoms with Crippen LogP contribution in [0.3, 0.4) is 0 Å². The van der Waals surface area contributed by atoms with Crippen LogP contribution in [-0.4, -0.2) is 40.7 Å². The van der Waals surface area contributed by atoms with Gasteiger partial charge in [0.2, 0.25) is 5.78 Å². The highest BCUT2D eigenvalue weighted by atomic mass is 35.5. The number of benzene rings is 3. The zero-order valence-corrected chi connectivity index (χ0v) is 23.0. The first-order valence-electron chi connectivity index (χ1n) is 12.5. The lowest BCUT2D eigenvalue weighted by atomic mass is 10.0. The van der Waals surface area contributed by atoms with Gasteiger partial charge in [0.1, 0.15) is 5.69 Å². The lowest BCUT2D eigenvalue weighted by molar-refractivity contribution is -0.141. The monoisotopic (exact) mass is 590 g/mol. The molecule has 0 atom stereocenters. The third kappa shape index (κ3) is 5.75. The molecule has 0 N–H and O–H groups in total. The first kappa shape index (κ1) is 28.6. The largest absolute Gasteiger partial charge is 0.465 e. The van der Waals surface area contributed by atoms with Crippen molar-refractivity contribution in [2.75, 3.05) is 19.1 Å². The number of alkyl halides is 3. The minimum Gasteiger partial charge on any atom is -0.465 e. The van der Waals surface area contributed by atoms with E-state index < -0.39 is 23.6 Å². The summed E-state index contributed by atoms with van der Waals surface area (Å²) in [5, 5.41) is 4.37. The van der Waals surface area contributed by atoms with Crippen LogP contribution in [0, 0.1) is 0 Å². The first-order valence-corrected chi connectivity index (χ1v) is 12.9. The number of halogens is 4. The Morgan fingerprint density at radius 3 is 2.21 bits per heavy atom. The summed E-state index contributed by atoms with van der Waals surface area (Å²) in [5.74, 6) is -1.34. The Balaban J connectivity index is 1.52. The number of ether oxygens (including phenoxy) is 1. The van der Waals surface area contributed by atoms with Crippen LogP contribution in [0.1, 0.15) is 32.1 Å². The van der Waals surface area contributed by atoms with Crippen molar-refractivity contribution in [2.24, 2.45) is 0 Å². The molecule has 0 amide bonds. The number of anilines is 2. The highest BCUT2D eigenvalue weighted by Crippen LogP contribution is 2.34. The topological polar surface area (TPSA) is 77.3 Å². The number of rotatable bonds is 7. The molecule has 0 spiro atoms. The van der Waals surface area contributed by atoms with E-state index >= 15 is 0 Å². The fraction of sp³-hybridized carbons (Fsp3) is 0.0968. The number of carbonyl (C=O) groups excluding carboxylic acids is 2. The van der Waals surface area contributed by atoms with Crippen LogP contribution in [0.15, 0.2) is 97.2 Å². The van der Waals surface area contributed by atoms with Crippen molar-refractivity contribution in [3.05, 3.63) is 125 Å². The molecule has 0 radical (unpaired) electrons. The van der Waals surface area contributed by atoms with Gasteiger partial charge in [0, 0.05) is 28.9 Å². The van der Waals surface area contributed by atoms with Crippen LogP contribution in [0.5, 0.6) is 0 Å². The molecule has 0 saturated carbocycles. The molecule has 0 bridgehead atoms. The Bertz CT molecular complexity index is 1750. The number of carbonyl (C=O) groups is 2. The lowest BCUT2D eigenvalue weighted by Crippen LogP contribution is -2.14. The average molecular weight is 591 g/mol. The Hall–Kier alpha value is -4.96. The quantitative estimate of drug-likeness (QED) is 0.145. The number of hydrogen-bond donors (Lipinski definition) is 0. The summed E-state index contributed by atoms with van der Waals surface area (Å²) in [6.45, 7) is 0. The molecule has 42 heavy (non-hydrogen) atoms. The standard InChI is InChI=1S/C31H22ClF3N4O3/c1-38(22-11-9-21(32)10-12-22)23-13-14-25(36-18-23)29(40)20-8-15-26(24(16-20)30(41)42-2)39-27(19-6-4-3-5-7-19)17-28(37-39)31(33,34)35/h3-18H,1-2H3. The van der Waals surface area contributed by atoms with Crippen molar-refractivity contribution in [1.29, 1.82) is 0 Å². The maximum Gasteiger partial charge on any atom is 0.435 e. The van der Waals surface area contributed by atoms with E-state index in [4.69, 9.17) is 16.3 Å². The van der Waals surface area contributed by atoms with Crippen molar-refractivity contribution in [3.63, 3.8) is 0 Å². The fourth-order valence-electron chi connectivity index (χ4n) is 4.33. The van der Waals surface area contributed by atoms with Gasteiger partial charge in [-0.2, -0.15) is 18.3 Å². The number of ketones is 1. The summed E-state index contributed by atoms with van der Waals surface area (Å²) in [5.41, 5.74) is 1.07. The van der Waals surface area contributed by atoms with Gasteiger partial charge in [-0.3, -0.25) is 9.78 Å². The summed E-state index contributed by atoms with van der Waals surface area (Å²) >= 11 is 5.97. The summed E-state index contributed by atoms with van der Waals surface area (Å²) in [7, 11) is 2.98. The van der Waals surface area contributed by atoms with Crippen LogP contribution >= 0.6 is 11.6 Å². The summed E-state index contributed by atoms with van der Waals surface area (Å²) in [6.07, 6.45) is -3.19. The van der Waals surface area contributed by atoms with E-state index in [1.54, 1.807) is 54.6 Å². The molecular weight excluding hydrogens is 569 g/mol. The SMILES string of the molecule is COC(=O)c1cc(C(=O)c2ccc(N(C)c3ccc(Cl)cc3)cn2)ccc1-n1nc(C(F)(F)F)cc1-c1ccccc1. The van der Waals surface area contributed by atoms with Crippen LogP contribution in [0.2, 0.25) is 5.02 Å². The van der Waals surface area contributed by atoms with Crippen molar-refractivity contribution >= 4 is 34.7 Å². The zero-order valence-electron chi connectivity index (χ0n) is 22.3. The minimum absolute atomic E-state index is 0.0145. The molecule has 7 nitrogen and oxygen atoms in total. The summed E-state index contributed by atoms with van der Waals surface area (Å²) in [4.78, 5) is 32.3. The third-order valence-corrected chi connectivity index (χ3v) is 6.80. The number of aromatic nitrogens is 3. The first-order chi connectivity index (χ1) is 20.1. The number of nitrogens with zero attached hydrogens (tertiary/aromatic N) is 4. The summed E-state index contributed by atoms with van der Waals surface area (Å²) in [6, 6.07) is 23.8. The van der Waals surface area contributed by atoms with E-state index in [1.165, 1.54) is 24.4 Å². The van der Waals surface area contributed by atoms with Crippen LogP contribution in [0.4, 0.5) is 24.5 Å². The molecule has 11 heteroatoms. The normalized spacial score (nSPS) is 11.3. The van der Waals surface area contributed by atoms with Gasteiger partial charge in [-0.15, -0.1) is 0 Å². The van der Waals surface area contributed by atoms with Crippen molar-refractivity contribution in [1.82, 2.24) is 14.8 Å². The van der Waals surface area contributed by atoms with Crippen LogP contribution < -0.4 is 4.90 Å². The molecule has 212 valence electrons. The molecule has 3 aromatic carbocycles. The van der Waals surface area contributed by atoms with Crippen molar-refractivity contribution in [2.45, 2.75) is 6.18 Å². The Morgan fingerprint density at radius 1 is 0.905 bits per heavy atom. The second-order valence-corrected chi connectivity index (χ2v) is 9.62. The molecule has 0 unspecified atom stereocenters. The van der Waals surface area contributed by atoms with Gasteiger partial charge in [-0.25, -0.2) is 9.48 Å². The van der Waals surface area contributed by atoms with Crippen molar-refractivity contribution in [3.8, 4) is 16.9 Å². The van der Waals surface area contributed by atoms with Gasteiger partial charge in [0.15, 0.2) is 5.69 Å². The smallest absolute Gasteiger partial charge is 0.435 e. The summed E-state index contributed by atoms with van der Waals surface area (Å²) < 4.78 is 46.9. The highest BCUT2D eigenvalue weighted by molar-refractivity contribution is 6.30. The Labute approximate surface area is 243 Å². The lowest BCUT2D eigenvalue weighted by Gasteiger charge is -2.19. The second-order valence-electron chi connectivity index (χ2n) is 9.18. The van der Waals surface area contributed by atoms with Crippen LogP contribution in [0.25, 0.3) is 16.9 Å². The van der Waals surface area contributed by atoms with E-state index in [-0.39, 0.29) is 28.2 Å². The predicted molar refractivity (Wildman–Crippen MR) is 153 cm³/mol. The minimum atomic E-state index is -4.73. The average Bonchev–Trinajstić information content (AvgIpc) is 3.47. The van der Waals surface area contributed by atoms with E-state index in [1.807, 2.05) is 24.1 Å². The third-order valence-electron chi connectivity index (χ3n) is 6.54. The molecule has 5 rings (SSSR count). The molecule has 0 aliphatic rings. The van der Waals surface area contributed by atoms with Gasteiger partial charge < -0.3 is 9.64 Å².